The van der Waals surface area contributed by atoms with Crippen molar-refractivity contribution in [3.63, 3.8) is 0 Å². The molecule has 1 aliphatic rings. The Morgan fingerprint density at radius 3 is 2.65 bits per heavy atom. The predicted octanol–water partition coefficient (Wildman–Crippen LogP) is 4.03. The highest BCUT2D eigenvalue weighted by atomic mass is 35.5. The zero-order valence-electron chi connectivity index (χ0n) is 14.1. The summed E-state index contributed by atoms with van der Waals surface area (Å²) in [5, 5.41) is 3.04. The number of nitrogens with two attached hydrogens (primary N) is 1. The van der Waals surface area contributed by atoms with Gasteiger partial charge in [-0.1, -0.05) is 18.2 Å². The average molecular weight is 383 g/mol. The normalized spacial score (nSPS) is 15.7. The highest BCUT2D eigenvalue weighted by molar-refractivity contribution is 5.85. The number of nitrogen functional groups attached to an aromatic ring is 1. The highest BCUT2D eigenvalue weighted by Gasteiger charge is 2.22. The summed E-state index contributed by atoms with van der Waals surface area (Å²) in [5.74, 6) is 0.0816. The molecule has 0 radical (unpaired) electrons. The topological polar surface area (TPSA) is 64.4 Å². The van der Waals surface area contributed by atoms with Crippen LogP contribution in [0.5, 0.6) is 5.75 Å². The summed E-state index contributed by atoms with van der Waals surface area (Å²) in [6, 6.07) is 12.0. The Labute approximate surface area is 157 Å². The van der Waals surface area contributed by atoms with Gasteiger partial charge in [0, 0.05) is 5.69 Å². The van der Waals surface area contributed by atoms with Gasteiger partial charge in [-0.3, -0.25) is 4.79 Å². The molecule has 1 amide bonds. The summed E-state index contributed by atoms with van der Waals surface area (Å²) in [7, 11) is 0. The lowest BCUT2D eigenvalue weighted by molar-refractivity contribution is -0.121. The van der Waals surface area contributed by atoms with E-state index in [-0.39, 0.29) is 36.5 Å². The molecule has 0 heterocycles. The Kier molecular flexibility index (Phi) is 6.80. The summed E-state index contributed by atoms with van der Waals surface area (Å²) in [5.41, 5.74) is 9.11. The van der Waals surface area contributed by atoms with E-state index in [1.165, 1.54) is 6.07 Å². The number of carbonyl (C=O) groups is 1. The number of ether oxygens (including phenoxy) is 1. The Bertz CT molecular complexity index is 754. The van der Waals surface area contributed by atoms with Crippen molar-refractivity contribution in [1.82, 2.24) is 5.32 Å². The first-order valence-electron chi connectivity index (χ1n) is 8.22. The van der Waals surface area contributed by atoms with Crippen LogP contribution in [-0.2, 0) is 17.6 Å². The molecule has 0 aromatic heterocycles. The molecule has 2 aromatic rings. The van der Waals surface area contributed by atoms with Crippen molar-refractivity contribution in [2.45, 2.75) is 38.3 Å². The van der Waals surface area contributed by atoms with E-state index < -0.39 is 6.61 Å². The van der Waals surface area contributed by atoms with E-state index in [2.05, 4.69) is 10.1 Å². The molecule has 4 nitrogen and oxygen atoms in total. The maximum atomic E-state index is 12.3. The summed E-state index contributed by atoms with van der Waals surface area (Å²) >= 11 is 0. The maximum absolute atomic E-state index is 12.3. The van der Waals surface area contributed by atoms with Gasteiger partial charge in [0.25, 0.3) is 0 Å². The largest absolute Gasteiger partial charge is 0.435 e. The second kappa shape index (κ2) is 8.85. The SMILES string of the molecule is Cl.Nc1ccc(CC(=O)NC2CCCc3cc(OC(F)F)ccc32)cc1. The quantitative estimate of drug-likeness (QED) is 0.767. The number of hydrogen-bond donors (Lipinski definition) is 2. The Morgan fingerprint density at radius 1 is 1.23 bits per heavy atom. The third-order valence-electron chi connectivity index (χ3n) is 4.33. The van der Waals surface area contributed by atoms with Gasteiger partial charge >= 0.3 is 6.61 Å². The maximum Gasteiger partial charge on any atom is 0.387 e. The smallest absolute Gasteiger partial charge is 0.387 e. The molecule has 0 bridgehead atoms. The van der Waals surface area contributed by atoms with Gasteiger partial charge in [-0.25, -0.2) is 0 Å². The highest BCUT2D eigenvalue weighted by Crippen LogP contribution is 2.32. The summed E-state index contributed by atoms with van der Waals surface area (Å²) in [6.45, 7) is -2.84. The van der Waals surface area contributed by atoms with Crippen LogP contribution in [0.1, 0.15) is 35.6 Å². The van der Waals surface area contributed by atoms with Gasteiger partial charge in [0.15, 0.2) is 0 Å². The number of alkyl halides is 2. The molecule has 2 aromatic carbocycles. The fourth-order valence-corrected chi connectivity index (χ4v) is 3.18. The van der Waals surface area contributed by atoms with E-state index in [0.29, 0.717) is 5.69 Å². The molecule has 0 saturated heterocycles. The minimum absolute atomic E-state index is 0. The van der Waals surface area contributed by atoms with E-state index in [1.807, 2.05) is 12.1 Å². The van der Waals surface area contributed by atoms with Crippen molar-refractivity contribution < 1.29 is 18.3 Å². The average Bonchev–Trinajstić information content (AvgIpc) is 2.56. The Morgan fingerprint density at radius 2 is 1.96 bits per heavy atom. The van der Waals surface area contributed by atoms with Crippen LogP contribution in [0, 0.1) is 0 Å². The second-order valence-electron chi connectivity index (χ2n) is 6.17. The van der Waals surface area contributed by atoms with E-state index >= 15 is 0 Å². The third-order valence-corrected chi connectivity index (χ3v) is 4.33. The molecule has 1 unspecified atom stereocenters. The van der Waals surface area contributed by atoms with Gasteiger partial charge in [0.05, 0.1) is 12.5 Å². The molecule has 7 heteroatoms. The van der Waals surface area contributed by atoms with Crippen LogP contribution in [0.4, 0.5) is 14.5 Å². The zero-order chi connectivity index (χ0) is 17.8. The fraction of sp³-hybridized carbons (Fsp3) is 0.316. The zero-order valence-corrected chi connectivity index (χ0v) is 14.9. The molecule has 1 aliphatic carbocycles. The number of anilines is 1. The molecule has 3 N–H and O–H groups in total. The molecular weight excluding hydrogens is 362 g/mol. The number of nitrogens with one attached hydrogen (secondary N) is 1. The minimum Gasteiger partial charge on any atom is -0.435 e. The van der Waals surface area contributed by atoms with Gasteiger partial charge in [-0.15, -0.1) is 12.4 Å². The third kappa shape index (κ3) is 5.08. The Hall–Kier alpha value is -2.34. The Balaban J connectivity index is 0.00000243. The van der Waals surface area contributed by atoms with Crippen LogP contribution < -0.4 is 15.8 Å². The standard InChI is InChI=1S/C19H20F2N2O2.ClH/c20-19(21)25-15-8-9-16-13(11-15)2-1-3-17(16)23-18(24)10-12-4-6-14(22)7-5-12;/h4-9,11,17,19H,1-3,10,22H2,(H,23,24);1H. The number of aryl methyl sites for hydroxylation is 1. The van der Waals surface area contributed by atoms with Crippen LogP contribution in [0.3, 0.4) is 0 Å². The second-order valence-corrected chi connectivity index (χ2v) is 6.17. The van der Waals surface area contributed by atoms with Crippen molar-refractivity contribution in [2.24, 2.45) is 0 Å². The lowest BCUT2D eigenvalue weighted by Gasteiger charge is -2.27. The summed E-state index contributed by atoms with van der Waals surface area (Å²) < 4.78 is 29.1. The molecule has 0 spiro atoms. The number of hydrogen-bond acceptors (Lipinski definition) is 3. The molecular formula is C19H21ClF2N2O2. The first kappa shape index (κ1) is 20.0. The lowest BCUT2D eigenvalue weighted by Crippen LogP contribution is -2.32. The number of benzene rings is 2. The van der Waals surface area contributed by atoms with E-state index in [4.69, 9.17) is 5.73 Å². The number of amides is 1. The van der Waals surface area contributed by atoms with Crippen molar-refractivity contribution in [3.8, 4) is 5.75 Å². The van der Waals surface area contributed by atoms with Crippen LogP contribution in [0.2, 0.25) is 0 Å². The molecule has 0 saturated carbocycles. The fourth-order valence-electron chi connectivity index (χ4n) is 3.18. The lowest BCUT2D eigenvalue weighted by atomic mass is 9.87. The first-order chi connectivity index (χ1) is 12.0. The summed E-state index contributed by atoms with van der Waals surface area (Å²) in [6.07, 6.45) is 2.78. The predicted molar refractivity (Wildman–Crippen MR) is 98.7 cm³/mol. The molecule has 0 fully saturated rings. The van der Waals surface area contributed by atoms with Gasteiger partial charge in [-0.2, -0.15) is 8.78 Å². The molecule has 26 heavy (non-hydrogen) atoms. The number of carbonyl (C=O) groups excluding carboxylic acids is 1. The van der Waals surface area contributed by atoms with Gasteiger partial charge < -0.3 is 15.8 Å². The van der Waals surface area contributed by atoms with E-state index in [9.17, 15) is 13.6 Å². The van der Waals surface area contributed by atoms with Crippen LogP contribution in [0.15, 0.2) is 42.5 Å². The van der Waals surface area contributed by atoms with Gasteiger partial charge in [0.2, 0.25) is 5.91 Å². The van der Waals surface area contributed by atoms with Gasteiger partial charge in [0.1, 0.15) is 5.75 Å². The van der Waals surface area contributed by atoms with Crippen molar-refractivity contribution >= 4 is 24.0 Å². The number of halogens is 3. The van der Waals surface area contributed by atoms with Crippen molar-refractivity contribution in [3.05, 3.63) is 59.2 Å². The van der Waals surface area contributed by atoms with Gasteiger partial charge in [-0.05, 0) is 60.2 Å². The van der Waals surface area contributed by atoms with E-state index in [1.54, 1.807) is 24.3 Å². The number of fused-ring (bicyclic) bond motifs is 1. The minimum atomic E-state index is -2.84. The summed E-state index contributed by atoms with van der Waals surface area (Å²) in [4.78, 5) is 12.3. The number of rotatable bonds is 5. The first-order valence-corrected chi connectivity index (χ1v) is 8.22. The van der Waals surface area contributed by atoms with Crippen molar-refractivity contribution in [1.29, 1.82) is 0 Å². The van der Waals surface area contributed by atoms with Crippen LogP contribution >= 0.6 is 12.4 Å². The van der Waals surface area contributed by atoms with E-state index in [0.717, 1.165) is 36.0 Å². The monoisotopic (exact) mass is 382 g/mol. The molecule has 0 aliphatic heterocycles. The molecule has 3 rings (SSSR count). The van der Waals surface area contributed by atoms with Crippen LogP contribution in [-0.4, -0.2) is 12.5 Å². The van der Waals surface area contributed by atoms with Crippen molar-refractivity contribution in [2.75, 3.05) is 5.73 Å². The molecule has 140 valence electrons. The molecule has 1 atom stereocenters. The van der Waals surface area contributed by atoms with Crippen LogP contribution in [0.25, 0.3) is 0 Å².